The van der Waals surface area contributed by atoms with Crippen molar-refractivity contribution < 1.29 is 0 Å². The molecule has 1 saturated heterocycles. The molecule has 0 radical (unpaired) electrons. The van der Waals surface area contributed by atoms with E-state index in [1.807, 2.05) is 0 Å². The Balaban J connectivity index is 2.00. The SMILES string of the molecule is C1=CC23NCCC2(CC1)c1ccccc1N3. The number of hydrogen-bond donors (Lipinski definition) is 2. The van der Waals surface area contributed by atoms with Gasteiger partial charge in [-0.15, -0.1) is 0 Å². The van der Waals surface area contributed by atoms with Crippen molar-refractivity contribution in [2.24, 2.45) is 0 Å². The van der Waals surface area contributed by atoms with Gasteiger partial charge in [-0.05, 0) is 43.5 Å². The molecule has 2 heteroatoms. The topological polar surface area (TPSA) is 24.1 Å². The molecule has 2 atom stereocenters. The monoisotopic (exact) mass is 212 g/mol. The lowest BCUT2D eigenvalue weighted by Crippen LogP contribution is -2.55. The highest BCUT2D eigenvalue weighted by atomic mass is 15.3. The van der Waals surface area contributed by atoms with E-state index in [-0.39, 0.29) is 5.66 Å². The molecule has 0 bridgehead atoms. The van der Waals surface area contributed by atoms with Gasteiger partial charge in [0.15, 0.2) is 0 Å². The van der Waals surface area contributed by atoms with E-state index >= 15 is 0 Å². The van der Waals surface area contributed by atoms with Gasteiger partial charge < -0.3 is 5.32 Å². The normalized spacial score (nSPS) is 38.8. The minimum Gasteiger partial charge on any atom is -0.363 e. The van der Waals surface area contributed by atoms with Crippen LogP contribution in [0.15, 0.2) is 36.4 Å². The Morgan fingerprint density at radius 3 is 3.06 bits per heavy atom. The predicted octanol–water partition coefficient (Wildman–Crippen LogP) is 2.39. The lowest BCUT2D eigenvalue weighted by atomic mass is 9.67. The molecule has 2 nitrogen and oxygen atoms in total. The molecule has 1 aromatic rings. The molecule has 0 amide bonds. The van der Waals surface area contributed by atoms with E-state index in [2.05, 4.69) is 47.1 Å². The van der Waals surface area contributed by atoms with Crippen molar-refractivity contribution in [2.45, 2.75) is 30.3 Å². The van der Waals surface area contributed by atoms with E-state index in [1.165, 1.54) is 30.5 Å². The Morgan fingerprint density at radius 2 is 2.06 bits per heavy atom. The molecule has 0 saturated carbocycles. The molecule has 1 aromatic carbocycles. The first-order valence-electron chi connectivity index (χ1n) is 6.17. The summed E-state index contributed by atoms with van der Waals surface area (Å²) in [5.41, 5.74) is 3.15. The highest BCUT2D eigenvalue weighted by Crippen LogP contribution is 2.55. The van der Waals surface area contributed by atoms with E-state index in [0.717, 1.165) is 6.54 Å². The van der Waals surface area contributed by atoms with Crippen LogP contribution < -0.4 is 10.6 Å². The zero-order valence-electron chi connectivity index (χ0n) is 9.29. The number of nitrogens with one attached hydrogen (secondary N) is 2. The summed E-state index contributed by atoms with van der Waals surface area (Å²) < 4.78 is 0. The Morgan fingerprint density at radius 1 is 1.12 bits per heavy atom. The highest BCUT2D eigenvalue weighted by molar-refractivity contribution is 5.67. The number of rotatable bonds is 0. The van der Waals surface area contributed by atoms with Gasteiger partial charge in [0, 0.05) is 11.1 Å². The molecule has 2 N–H and O–H groups in total. The average molecular weight is 212 g/mol. The maximum Gasteiger partial charge on any atom is 0.117 e. The van der Waals surface area contributed by atoms with Crippen molar-refractivity contribution in [2.75, 3.05) is 11.9 Å². The Kier molecular flexibility index (Phi) is 1.48. The standard InChI is InChI=1S/C14H16N2/c1-2-6-12-11(5-1)13-7-3-4-8-14(13,16-12)15-10-9-13/h1-2,4-6,8,15-16H,3,7,9-10H2. The van der Waals surface area contributed by atoms with Crippen molar-refractivity contribution in [1.29, 1.82) is 0 Å². The van der Waals surface area contributed by atoms with E-state index in [9.17, 15) is 0 Å². The van der Waals surface area contributed by atoms with Crippen LogP contribution in [0.5, 0.6) is 0 Å². The third-order valence-corrected chi connectivity index (χ3v) is 4.59. The van der Waals surface area contributed by atoms with E-state index in [1.54, 1.807) is 0 Å². The fourth-order valence-corrected chi connectivity index (χ4v) is 3.88. The Bertz CT molecular complexity index is 479. The summed E-state index contributed by atoms with van der Waals surface area (Å²) in [5.74, 6) is 0. The largest absolute Gasteiger partial charge is 0.363 e. The fraction of sp³-hybridized carbons (Fsp3) is 0.429. The van der Waals surface area contributed by atoms with Crippen LogP contribution in [0, 0.1) is 0 Å². The average Bonchev–Trinajstić information content (AvgIpc) is 2.80. The van der Waals surface area contributed by atoms with Crippen LogP contribution >= 0.6 is 0 Å². The Hall–Kier alpha value is -1.28. The van der Waals surface area contributed by atoms with E-state index in [4.69, 9.17) is 0 Å². The van der Waals surface area contributed by atoms with E-state index < -0.39 is 0 Å². The number of para-hydroxylation sites is 1. The summed E-state index contributed by atoms with van der Waals surface area (Å²) in [7, 11) is 0. The zero-order chi connectivity index (χ0) is 10.6. The van der Waals surface area contributed by atoms with Crippen molar-refractivity contribution in [3.8, 4) is 0 Å². The van der Waals surface area contributed by atoms with Gasteiger partial charge in [-0.3, -0.25) is 5.32 Å². The molecule has 0 aromatic heterocycles. The third-order valence-electron chi connectivity index (χ3n) is 4.59. The molecule has 1 aliphatic carbocycles. The number of fused-ring (bicyclic) bond motifs is 1. The second-order valence-electron chi connectivity index (χ2n) is 5.18. The minimum atomic E-state index is 0.00887. The van der Waals surface area contributed by atoms with Gasteiger partial charge in [-0.2, -0.15) is 0 Å². The maximum absolute atomic E-state index is 3.70. The summed E-state index contributed by atoms with van der Waals surface area (Å²) in [6, 6.07) is 8.80. The summed E-state index contributed by atoms with van der Waals surface area (Å²) in [4.78, 5) is 0. The van der Waals surface area contributed by atoms with Crippen LogP contribution in [-0.2, 0) is 5.41 Å². The molecule has 82 valence electrons. The summed E-state index contributed by atoms with van der Waals surface area (Å²) in [5, 5.41) is 7.38. The molecule has 3 aliphatic rings. The smallest absolute Gasteiger partial charge is 0.117 e. The molecular formula is C14H16N2. The van der Waals surface area contributed by atoms with Gasteiger partial charge in [0.1, 0.15) is 5.66 Å². The predicted molar refractivity (Wildman–Crippen MR) is 65.5 cm³/mol. The molecule has 4 rings (SSSR count). The molecule has 2 heterocycles. The van der Waals surface area contributed by atoms with Crippen LogP contribution in [0.4, 0.5) is 5.69 Å². The molecular weight excluding hydrogens is 196 g/mol. The molecule has 2 aliphatic heterocycles. The van der Waals surface area contributed by atoms with E-state index in [0.29, 0.717) is 5.41 Å². The van der Waals surface area contributed by atoms with Crippen molar-refractivity contribution in [1.82, 2.24) is 5.32 Å². The molecule has 2 unspecified atom stereocenters. The summed E-state index contributed by atoms with van der Waals surface area (Å²) in [6.07, 6.45) is 8.39. The Labute approximate surface area is 95.7 Å². The number of hydrogen-bond acceptors (Lipinski definition) is 2. The third kappa shape index (κ3) is 0.800. The molecule has 16 heavy (non-hydrogen) atoms. The van der Waals surface area contributed by atoms with Gasteiger partial charge in [0.05, 0.1) is 0 Å². The van der Waals surface area contributed by atoms with Gasteiger partial charge in [0.2, 0.25) is 0 Å². The quantitative estimate of drug-likeness (QED) is 0.645. The van der Waals surface area contributed by atoms with Crippen LogP contribution in [0.25, 0.3) is 0 Å². The van der Waals surface area contributed by atoms with Crippen molar-refractivity contribution in [3.63, 3.8) is 0 Å². The first kappa shape index (κ1) is 8.82. The van der Waals surface area contributed by atoms with Gasteiger partial charge in [-0.1, -0.05) is 24.3 Å². The van der Waals surface area contributed by atoms with Crippen molar-refractivity contribution in [3.05, 3.63) is 42.0 Å². The van der Waals surface area contributed by atoms with Crippen LogP contribution in [0.3, 0.4) is 0 Å². The number of benzene rings is 1. The van der Waals surface area contributed by atoms with Crippen LogP contribution in [-0.4, -0.2) is 12.2 Å². The van der Waals surface area contributed by atoms with Crippen LogP contribution in [0.2, 0.25) is 0 Å². The lowest BCUT2D eigenvalue weighted by Gasteiger charge is -2.41. The molecule has 0 spiro atoms. The molecule has 1 fully saturated rings. The first-order chi connectivity index (χ1) is 7.86. The summed E-state index contributed by atoms with van der Waals surface area (Å²) >= 11 is 0. The maximum atomic E-state index is 3.70. The van der Waals surface area contributed by atoms with Gasteiger partial charge in [0.25, 0.3) is 0 Å². The van der Waals surface area contributed by atoms with Gasteiger partial charge in [-0.25, -0.2) is 0 Å². The number of anilines is 1. The second kappa shape index (κ2) is 2.69. The van der Waals surface area contributed by atoms with Gasteiger partial charge >= 0.3 is 0 Å². The second-order valence-corrected chi connectivity index (χ2v) is 5.18. The van der Waals surface area contributed by atoms with Crippen molar-refractivity contribution >= 4 is 5.69 Å². The minimum absolute atomic E-state index is 0.00887. The van der Waals surface area contributed by atoms with Crippen LogP contribution in [0.1, 0.15) is 24.8 Å². The first-order valence-corrected chi connectivity index (χ1v) is 6.17. The zero-order valence-corrected chi connectivity index (χ0v) is 9.29. The highest BCUT2D eigenvalue weighted by Gasteiger charge is 2.59. The lowest BCUT2D eigenvalue weighted by molar-refractivity contribution is 0.305. The fourth-order valence-electron chi connectivity index (χ4n) is 3.88. The summed E-state index contributed by atoms with van der Waals surface area (Å²) in [6.45, 7) is 1.12. The number of allylic oxidation sites excluding steroid dienone is 1.